The van der Waals surface area contributed by atoms with Crippen molar-refractivity contribution in [3.05, 3.63) is 0 Å². The molecule has 0 heterocycles. The Bertz CT molecular complexity index is 553. The highest BCUT2D eigenvalue weighted by Crippen LogP contribution is 2.50. The van der Waals surface area contributed by atoms with Crippen LogP contribution in [0.15, 0.2) is 0 Å². The van der Waals surface area contributed by atoms with Crippen LogP contribution in [0.25, 0.3) is 0 Å². The van der Waals surface area contributed by atoms with Gasteiger partial charge in [-0.05, 0) is 53.9 Å². The minimum Gasteiger partial charge on any atom is -0.347 e. The first kappa shape index (κ1) is 35.4. The third kappa shape index (κ3) is 13.8. The standard InChI is InChI=1S/C27H49F7O2/c1-7-8-9-10-12-15-18-23(24(6,35-21(2)3)36-22(4)5)27(33,34)25(28,29)19-16-13-11-14-17-20-26(30,31)32/h21-23H,7-20H2,1-6H3. The fourth-order valence-electron chi connectivity index (χ4n) is 4.65. The summed E-state index contributed by atoms with van der Waals surface area (Å²) in [6.45, 7) is 10.0. The zero-order chi connectivity index (χ0) is 28.0. The number of unbranched alkanes of at least 4 members (excludes halogenated alkanes) is 9. The Morgan fingerprint density at radius 2 is 1.00 bits per heavy atom. The van der Waals surface area contributed by atoms with Crippen molar-refractivity contribution in [2.75, 3.05) is 0 Å². The summed E-state index contributed by atoms with van der Waals surface area (Å²) in [6, 6.07) is 0. The number of hydrogen-bond acceptors (Lipinski definition) is 2. The Kier molecular flexibility index (Phi) is 16.1. The highest BCUT2D eigenvalue weighted by atomic mass is 19.4. The lowest BCUT2D eigenvalue weighted by atomic mass is 9.82. The molecule has 0 aliphatic heterocycles. The van der Waals surface area contributed by atoms with Gasteiger partial charge in [-0.25, -0.2) is 0 Å². The molecule has 0 aliphatic carbocycles. The summed E-state index contributed by atoms with van der Waals surface area (Å²) in [5, 5.41) is 0. The van der Waals surface area contributed by atoms with E-state index >= 15 is 17.6 Å². The number of rotatable bonds is 21. The highest BCUT2D eigenvalue weighted by Gasteiger charge is 2.65. The summed E-state index contributed by atoms with van der Waals surface area (Å²) in [5.41, 5.74) is 0. The first-order chi connectivity index (χ1) is 16.5. The van der Waals surface area contributed by atoms with Crippen LogP contribution in [0.1, 0.15) is 131 Å². The van der Waals surface area contributed by atoms with E-state index in [1.54, 1.807) is 27.7 Å². The number of hydrogen-bond donors (Lipinski definition) is 0. The fourth-order valence-corrected chi connectivity index (χ4v) is 4.65. The summed E-state index contributed by atoms with van der Waals surface area (Å²) in [4.78, 5) is 0. The van der Waals surface area contributed by atoms with Gasteiger partial charge in [-0.2, -0.15) is 30.7 Å². The summed E-state index contributed by atoms with van der Waals surface area (Å²) >= 11 is 0. The van der Waals surface area contributed by atoms with Crippen molar-refractivity contribution in [2.24, 2.45) is 5.92 Å². The predicted octanol–water partition coefficient (Wildman–Crippen LogP) is 10.5. The summed E-state index contributed by atoms with van der Waals surface area (Å²) in [7, 11) is 0. The third-order valence-corrected chi connectivity index (χ3v) is 6.30. The van der Waals surface area contributed by atoms with E-state index in [1.807, 2.05) is 0 Å². The van der Waals surface area contributed by atoms with E-state index in [2.05, 4.69) is 6.92 Å². The molecule has 0 fully saturated rings. The van der Waals surface area contributed by atoms with E-state index in [9.17, 15) is 13.2 Å². The molecule has 0 aromatic rings. The maximum absolute atomic E-state index is 15.6. The van der Waals surface area contributed by atoms with Gasteiger partial charge < -0.3 is 9.47 Å². The Labute approximate surface area is 214 Å². The van der Waals surface area contributed by atoms with Crippen molar-refractivity contribution in [3.8, 4) is 0 Å². The lowest BCUT2D eigenvalue weighted by Crippen LogP contribution is -2.58. The van der Waals surface area contributed by atoms with E-state index in [1.165, 1.54) is 6.92 Å². The molecule has 0 amide bonds. The molecule has 0 aromatic heterocycles. The van der Waals surface area contributed by atoms with Crippen LogP contribution in [0, 0.1) is 5.92 Å². The molecule has 0 radical (unpaired) electrons. The van der Waals surface area contributed by atoms with Crippen molar-refractivity contribution in [2.45, 2.75) is 167 Å². The topological polar surface area (TPSA) is 18.5 Å². The normalized spacial score (nSPS) is 14.8. The molecule has 218 valence electrons. The van der Waals surface area contributed by atoms with E-state index in [0.29, 0.717) is 19.3 Å². The molecule has 0 aliphatic rings. The second-order valence-corrected chi connectivity index (χ2v) is 10.7. The first-order valence-corrected chi connectivity index (χ1v) is 13.7. The molecular weight excluding hydrogens is 489 g/mol. The molecule has 0 rings (SSSR count). The van der Waals surface area contributed by atoms with Crippen LogP contribution >= 0.6 is 0 Å². The average molecular weight is 539 g/mol. The van der Waals surface area contributed by atoms with Gasteiger partial charge in [0.25, 0.3) is 0 Å². The number of alkyl halides is 7. The molecular formula is C27H49F7O2. The molecule has 0 saturated heterocycles. The van der Waals surface area contributed by atoms with Crippen molar-refractivity contribution in [3.63, 3.8) is 0 Å². The molecule has 0 spiro atoms. The van der Waals surface area contributed by atoms with E-state index in [0.717, 1.165) is 25.7 Å². The van der Waals surface area contributed by atoms with Crippen molar-refractivity contribution >= 4 is 0 Å². The lowest BCUT2D eigenvalue weighted by Gasteiger charge is -2.45. The van der Waals surface area contributed by atoms with Gasteiger partial charge in [-0.1, -0.05) is 64.7 Å². The lowest BCUT2D eigenvalue weighted by molar-refractivity contribution is -0.349. The van der Waals surface area contributed by atoms with Crippen LogP contribution in [0.4, 0.5) is 30.7 Å². The Morgan fingerprint density at radius 1 is 0.583 bits per heavy atom. The zero-order valence-electron chi connectivity index (χ0n) is 23.1. The maximum Gasteiger partial charge on any atom is 0.389 e. The minimum absolute atomic E-state index is 0.0895. The smallest absolute Gasteiger partial charge is 0.347 e. The summed E-state index contributed by atoms with van der Waals surface area (Å²) in [5.74, 6) is -12.4. The molecule has 0 N–H and O–H groups in total. The SMILES string of the molecule is CCCCCCCCC(C(C)(OC(C)C)OC(C)C)C(F)(F)C(F)(F)CCCCCCCC(F)(F)F. The van der Waals surface area contributed by atoms with Crippen LogP contribution < -0.4 is 0 Å². The largest absolute Gasteiger partial charge is 0.389 e. The van der Waals surface area contributed by atoms with Gasteiger partial charge in [0.05, 0.1) is 18.1 Å². The molecule has 2 nitrogen and oxygen atoms in total. The van der Waals surface area contributed by atoms with E-state index < -0.39 is 54.8 Å². The van der Waals surface area contributed by atoms with Gasteiger partial charge in [0, 0.05) is 12.8 Å². The van der Waals surface area contributed by atoms with Gasteiger partial charge in [-0.15, -0.1) is 0 Å². The quantitative estimate of drug-likeness (QED) is 0.0822. The minimum atomic E-state index is -4.38. The van der Waals surface area contributed by atoms with Gasteiger partial charge >= 0.3 is 18.0 Å². The molecule has 1 unspecified atom stereocenters. The second kappa shape index (κ2) is 16.4. The van der Waals surface area contributed by atoms with E-state index in [4.69, 9.17) is 9.47 Å². The van der Waals surface area contributed by atoms with Gasteiger partial charge in [-0.3, -0.25) is 0 Å². The van der Waals surface area contributed by atoms with Crippen molar-refractivity contribution < 1.29 is 40.2 Å². The third-order valence-electron chi connectivity index (χ3n) is 6.30. The van der Waals surface area contributed by atoms with Crippen LogP contribution in [0.2, 0.25) is 0 Å². The molecule has 0 bridgehead atoms. The number of halogens is 7. The molecule has 9 heteroatoms. The van der Waals surface area contributed by atoms with Gasteiger partial charge in [0.2, 0.25) is 0 Å². The highest BCUT2D eigenvalue weighted by molar-refractivity contribution is 4.97. The maximum atomic E-state index is 15.6. The Morgan fingerprint density at radius 3 is 1.44 bits per heavy atom. The second-order valence-electron chi connectivity index (χ2n) is 10.7. The molecule has 0 saturated carbocycles. The van der Waals surface area contributed by atoms with Crippen LogP contribution in [0.5, 0.6) is 0 Å². The van der Waals surface area contributed by atoms with Crippen LogP contribution in [0.3, 0.4) is 0 Å². The van der Waals surface area contributed by atoms with Gasteiger partial charge in [0.15, 0.2) is 5.79 Å². The fraction of sp³-hybridized carbons (Fsp3) is 1.00. The summed E-state index contributed by atoms with van der Waals surface area (Å²) < 4.78 is 109. The number of ether oxygens (including phenoxy) is 2. The predicted molar refractivity (Wildman–Crippen MR) is 131 cm³/mol. The van der Waals surface area contributed by atoms with Crippen LogP contribution in [-0.2, 0) is 9.47 Å². The molecule has 1 atom stereocenters. The van der Waals surface area contributed by atoms with Crippen LogP contribution in [-0.4, -0.2) is 36.0 Å². The zero-order valence-corrected chi connectivity index (χ0v) is 23.1. The first-order valence-electron chi connectivity index (χ1n) is 13.7. The average Bonchev–Trinajstić information content (AvgIpc) is 2.69. The van der Waals surface area contributed by atoms with E-state index in [-0.39, 0.29) is 32.1 Å². The Hall–Kier alpha value is -0.570. The molecule has 36 heavy (non-hydrogen) atoms. The Balaban J connectivity index is 5.41. The molecule has 0 aromatic carbocycles. The monoisotopic (exact) mass is 538 g/mol. The van der Waals surface area contributed by atoms with Gasteiger partial charge in [0.1, 0.15) is 0 Å². The van der Waals surface area contributed by atoms with Crippen molar-refractivity contribution in [1.82, 2.24) is 0 Å². The van der Waals surface area contributed by atoms with Crippen molar-refractivity contribution in [1.29, 1.82) is 0 Å². The summed E-state index contributed by atoms with van der Waals surface area (Å²) in [6.07, 6.45) is -2.06.